The predicted molar refractivity (Wildman–Crippen MR) is 137 cm³/mol. The number of hydrogen-bond donors (Lipinski definition) is 2. The molecule has 4 aliphatic rings. The first-order valence-corrected chi connectivity index (χ1v) is 13.2. The Labute approximate surface area is 219 Å². The number of anilines is 2. The Balaban J connectivity index is 1.39. The van der Waals surface area contributed by atoms with Crippen LogP contribution < -0.4 is 20.5 Å². The zero-order chi connectivity index (χ0) is 26.3. The van der Waals surface area contributed by atoms with Gasteiger partial charge in [-0.1, -0.05) is 12.1 Å². The minimum atomic E-state index is -4.55. The first kappa shape index (κ1) is 25.1. The molecule has 11 heteroatoms. The van der Waals surface area contributed by atoms with E-state index in [4.69, 9.17) is 4.74 Å². The third-order valence-electron chi connectivity index (χ3n) is 7.53. The van der Waals surface area contributed by atoms with Crippen molar-refractivity contribution in [2.45, 2.75) is 44.1 Å². The monoisotopic (exact) mass is 528 g/mol. The van der Waals surface area contributed by atoms with Gasteiger partial charge in [0, 0.05) is 44.2 Å². The smallest absolute Gasteiger partial charge is 0.357 e. The molecule has 1 aromatic heterocycles. The van der Waals surface area contributed by atoms with Crippen molar-refractivity contribution in [2.75, 3.05) is 49.1 Å². The predicted octanol–water partition coefficient (Wildman–Crippen LogP) is 3.73. The summed E-state index contributed by atoms with van der Waals surface area (Å²) in [4.78, 5) is 21.2. The lowest BCUT2D eigenvalue weighted by Crippen LogP contribution is -2.46. The van der Waals surface area contributed by atoms with Gasteiger partial charge in [0.15, 0.2) is 0 Å². The van der Waals surface area contributed by atoms with E-state index in [0.29, 0.717) is 17.7 Å². The summed E-state index contributed by atoms with van der Waals surface area (Å²) in [6.07, 6.45) is 2.27. The molecule has 2 saturated heterocycles. The van der Waals surface area contributed by atoms with Crippen molar-refractivity contribution >= 4 is 17.4 Å². The summed E-state index contributed by atoms with van der Waals surface area (Å²) in [5.74, 6) is 0.147. The minimum absolute atomic E-state index is 0.255. The molecule has 8 nitrogen and oxygen atoms in total. The van der Waals surface area contributed by atoms with Gasteiger partial charge in [-0.2, -0.15) is 13.2 Å². The Bertz CT molecular complexity index is 1220. The van der Waals surface area contributed by atoms with Crippen molar-refractivity contribution in [3.05, 3.63) is 53.9 Å². The van der Waals surface area contributed by atoms with Crippen LogP contribution in [0.1, 0.15) is 37.3 Å². The van der Waals surface area contributed by atoms with Gasteiger partial charge in [0.1, 0.15) is 18.6 Å². The van der Waals surface area contributed by atoms with Gasteiger partial charge in [-0.05, 0) is 61.6 Å². The first-order chi connectivity index (χ1) is 18.4. The number of aromatic nitrogens is 1. The van der Waals surface area contributed by atoms with Gasteiger partial charge in [0.25, 0.3) is 5.91 Å². The molecule has 6 rings (SSSR count). The third-order valence-corrected chi connectivity index (χ3v) is 7.53. The fourth-order valence-corrected chi connectivity index (χ4v) is 5.73. The van der Waals surface area contributed by atoms with Crippen LogP contribution in [0, 0.1) is 0 Å². The summed E-state index contributed by atoms with van der Waals surface area (Å²) < 4.78 is 47.0. The van der Waals surface area contributed by atoms with Gasteiger partial charge in [0.05, 0.1) is 17.3 Å². The topological polar surface area (TPSA) is 73.0 Å². The Kier molecular flexibility index (Phi) is 6.75. The highest BCUT2D eigenvalue weighted by Crippen LogP contribution is 2.44. The first-order valence-electron chi connectivity index (χ1n) is 13.2. The molecule has 2 unspecified atom stereocenters. The average Bonchev–Trinajstić information content (AvgIpc) is 3.20. The summed E-state index contributed by atoms with van der Waals surface area (Å²) in [7, 11) is 0. The molecule has 0 saturated carbocycles. The number of ether oxygens (including phenoxy) is 1. The molecule has 0 bridgehead atoms. The van der Waals surface area contributed by atoms with E-state index >= 15 is 0 Å². The molecule has 2 fully saturated rings. The van der Waals surface area contributed by atoms with E-state index in [1.807, 2.05) is 24.3 Å². The number of amides is 1. The lowest BCUT2D eigenvalue weighted by molar-refractivity contribution is -0.130. The van der Waals surface area contributed by atoms with Gasteiger partial charge in [-0.15, -0.1) is 0 Å². The van der Waals surface area contributed by atoms with Crippen molar-refractivity contribution in [1.82, 2.24) is 20.7 Å². The molecule has 38 heavy (non-hydrogen) atoms. The Morgan fingerprint density at radius 2 is 2.00 bits per heavy atom. The largest absolute Gasteiger partial charge is 0.406 e. The molecule has 0 radical (unpaired) electrons. The highest BCUT2D eigenvalue weighted by Gasteiger charge is 2.45. The Morgan fingerprint density at radius 3 is 2.82 bits per heavy atom. The maximum atomic E-state index is 13.7. The molecule has 5 heterocycles. The quantitative estimate of drug-likeness (QED) is 0.627. The lowest BCUT2D eigenvalue weighted by atomic mass is 9.90. The number of alkyl halides is 3. The number of pyridine rings is 1. The van der Waals surface area contributed by atoms with Crippen LogP contribution in [0.4, 0.5) is 24.7 Å². The molecular formula is C27H31F3N6O2. The van der Waals surface area contributed by atoms with Gasteiger partial charge in [0.2, 0.25) is 0 Å². The summed E-state index contributed by atoms with van der Waals surface area (Å²) in [5, 5.41) is 5.13. The molecule has 2 atom stereocenters. The molecule has 1 amide bonds. The maximum absolute atomic E-state index is 13.7. The number of benzene rings is 1. The fraction of sp³-hybridized carbons (Fsp3) is 0.481. The van der Waals surface area contributed by atoms with Crippen LogP contribution >= 0.6 is 0 Å². The van der Waals surface area contributed by atoms with E-state index in [0.717, 1.165) is 73.7 Å². The number of carbonyl (C=O) groups is 1. The normalized spacial score (nSPS) is 24.1. The molecule has 1 aromatic carbocycles. The highest BCUT2D eigenvalue weighted by atomic mass is 19.4. The van der Waals surface area contributed by atoms with E-state index in [2.05, 4.69) is 20.6 Å². The summed E-state index contributed by atoms with van der Waals surface area (Å²) in [5.41, 5.74) is 6.06. The van der Waals surface area contributed by atoms with E-state index in [-0.39, 0.29) is 11.9 Å². The second kappa shape index (κ2) is 10.2. The highest BCUT2D eigenvalue weighted by molar-refractivity contribution is 6.10. The SMILES string of the molecule is O=C1C2=CN(C3CCCCO3)NC2c2ccc(-c3cccnc3N3CCCNCC3)cc2N1CC(F)(F)F. The van der Waals surface area contributed by atoms with Gasteiger partial charge in [-0.3, -0.25) is 14.7 Å². The van der Waals surface area contributed by atoms with Crippen molar-refractivity contribution in [3.63, 3.8) is 0 Å². The summed E-state index contributed by atoms with van der Waals surface area (Å²) in [6.45, 7) is 2.64. The molecule has 202 valence electrons. The third kappa shape index (κ3) is 4.85. The fourth-order valence-electron chi connectivity index (χ4n) is 5.73. The number of fused-ring (bicyclic) bond motifs is 3. The van der Waals surface area contributed by atoms with Crippen LogP contribution in [-0.4, -0.2) is 67.6 Å². The standard InChI is InChI=1S/C27H31F3N6O2/c28-27(29,30)17-35-22-15-18(19-5-3-10-32-25(19)34-12-4-9-31-11-13-34)7-8-20(22)24-21(26(35)37)16-36(33-24)23-6-1-2-14-38-23/h3,5,7-8,10,15-16,23-24,31,33H,1-2,4,6,9,11-14,17H2. The number of hydrazine groups is 1. The summed E-state index contributed by atoms with van der Waals surface area (Å²) >= 11 is 0. The van der Waals surface area contributed by atoms with Crippen molar-refractivity contribution in [2.24, 2.45) is 0 Å². The van der Waals surface area contributed by atoms with Crippen molar-refractivity contribution < 1.29 is 22.7 Å². The maximum Gasteiger partial charge on any atom is 0.406 e. The number of rotatable bonds is 4. The second-order valence-corrected chi connectivity index (χ2v) is 10.1. The molecular weight excluding hydrogens is 497 g/mol. The molecule has 2 N–H and O–H groups in total. The number of hydrogen-bond acceptors (Lipinski definition) is 7. The van der Waals surface area contributed by atoms with Gasteiger partial charge >= 0.3 is 6.18 Å². The van der Waals surface area contributed by atoms with Crippen LogP contribution in [0.2, 0.25) is 0 Å². The van der Waals surface area contributed by atoms with Crippen LogP contribution in [0.15, 0.2) is 48.3 Å². The van der Waals surface area contributed by atoms with E-state index in [9.17, 15) is 18.0 Å². The molecule has 2 aromatic rings. The molecule has 0 spiro atoms. The van der Waals surface area contributed by atoms with Crippen LogP contribution in [-0.2, 0) is 9.53 Å². The number of carbonyl (C=O) groups excluding carboxylic acids is 1. The van der Waals surface area contributed by atoms with Gasteiger partial charge in [-0.25, -0.2) is 10.4 Å². The van der Waals surface area contributed by atoms with Crippen LogP contribution in [0.3, 0.4) is 0 Å². The minimum Gasteiger partial charge on any atom is -0.357 e. The van der Waals surface area contributed by atoms with Crippen LogP contribution in [0.5, 0.6) is 0 Å². The van der Waals surface area contributed by atoms with Crippen molar-refractivity contribution in [1.29, 1.82) is 0 Å². The molecule has 4 aliphatic heterocycles. The van der Waals surface area contributed by atoms with Crippen LogP contribution in [0.25, 0.3) is 11.1 Å². The zero-order valence-electron chi connectivity index (χ0n) is 21.0. The summed E-state index contributed by atoms with van der Waals surface area (Å²) in [6, 6.07) is 8.67. The Hall–Kier alpha value is -3.15. The zero-order valence-corrected chi connectivity index (χ0v) is 21.0. The van der Waals surface area contributed by atoms with E-state index in [1.54, 1.807) is 23.5 Å². The average molecular weight is 529 g/mol. The second-order valence-electron chi connectivity index (χ2n) is 10.1. The van der Waals surface area contributed by atoms with Gasteiger partial charge < -0.3 is 15.0 Å². The number of halogens is 3. The lowest BCUT2D eigenvalue weighted by Gasteiger charge is -2.36. The number of nitrogens with one attached hydrogen (secondary N) is 2. The van der Waals surface area contributed by atoms with Crippen molar-refractivity contribution in [3.8, 4) is 11.1 Å². The number of nitrogens with zero attached hydrogens (tertiary/aromatic N) is 4. The van der Waals surface area contributed by atoms with E-state index < -0.39 is 24.7 Å². The Morgan fingerprint density at radius 1 is 1.11 bits per heavy atom. The van der Waals surface area contributed by atoms with E-state index in [1.165, 1.54) is 0 Å². The molecule has 0 aliphatic carbocycles.